The third-order valence-electron chi connectivity index (χ3n) is 3.62. The van der Waals surface area contributed by atoms with Crippen LogP contribution in [-0.2, 0) is 6.54 Å². The molecule has 0 spiro atoms. The second-order valence-electron chi connectivity index (χ2n) is 5.04. The van der Waals surface area contributed by atoms with Gasteiger partial charge < -0.3 is 5.32 Å². The van der Waals surface area contributed by atoms with Gasteiger partial charge in [-0.3, -0.25) is 4.98 Å². The van der Waals surface area contributed by atoms with E-state index < -0.39 is 0 Å². The number of nitrogens with one attached hydrogen (secondary N) is 1. The van der Waals surface area contributed by atoms with Crippen molar-refractivity contribution in [3.8, 4) is 0 Å². The van der Waals surface area contributed by atoms with Gasteiger partial charge in [0.1, 0.15) is 0 Å². The number of hydrogen-bond donors (Lipinski definition) is 1. The van der Waals surface area contributed by atoms with Crippen LogP contribution in [0.3, 0.4) is 0 Å². The van der Waals surface area contributed by atoms with E-state index in [1.54, 1.807) is 0 Å². The van der Waals surface area contributed by atoms with Crippen LogP contribution >= 0.6 is 0 Å². The van der Waals surface area contributed by atoms with Crippen LogP contribution in [0.15, 0.2) is 36.5 Å². The zero-order chi connectivity index (χ0) is 11.7. The zero-order valence-electron chi connectivity index (χ0n) is 10.2. The van der Waals surface area contributed by atoms with E-state index in [4.69, 9.17) is 0 Å². The summed E-state index contributed by atoms with van der Waals surface area (Å²) in [6.45, 7) is 3.25. The van der Waals surface area contributed by atoms with Crippen LogP contribution in [-0.4, -0.2) is 11.0 Å². The Morgan fingerprint density at radius 3 is 3.06 bits per heavy atom. The zero-order valence-corrected chi connectivity index (χ0v) is 10.2. The molecule has 0 amide bonds. The molecule has 1 aromatic heterocycles. The number of pyridine rings is 1. The van der Waals surface area contributed by atoms with E-state index in [0.717, 1.165) is 18.0 Å². The minimum atomic E-state index is 0.652. The van der Waals surface area contributed by atoms with Crippen LogP contribution in [0, 0.1) is 5.92 Å². The summed E-state index contributed by atoms with van der Waals surface area (Å²) >= 11 is 0. The molecule has 3 rings (SSSR count). The largest absolute Gasteiger partial charge is 0.310 e. The monoisotopic (exact) mass is 226 g/mol. The highest BCUT2D eigenvalue weighted by atomic mass is 14.9. The molecule has 1 N–H and O–H groups in total. The lowest BCUT2D eigenvalue weighted by molar-refractivity contribution is 0.496. The van der Waals surface area contributed by atoms with Gasteiger partial charge in [0, 0.05) is 24.2 Å². The summed E-state index contributed by atoms with van der Waals surface area (Å²) in [6, 6.07) is 11.3. The molecule has 2 nitrogen and oxygen atoms in total. The van der Waals surface area contributed by atoms with E-state index in [9.17, 15) is 0 Å². The maximum atomic E-state index is 4.34. The fraction of sp³-hybridized carbons (Fsp3) is 0.400. The fourth-order valence-corrected chi connectivity index (χ4v) is 2.28. The van der Waals surface area contributed by atoms with Crippen LogP contribution in [0.25, 0.3) is 10.9 Å². The topological polar surface area (TPSA) is 24.9 Å². The average molecular weight is 226 g/mol. The minimum absolute atomic E-state index is 0.652. The second-order valence-corrected chi connectivity index (χ2v) is 5.04. The van der Waals surface area contributed by atoms with E-state index in [-0.39, 0.29) is 0 Å². The Morgan fingerprint density at radius 2 is 2.24 bits per heavy atom. The van der Waals surface area contributed by atoms with Crippen molar-refractivity contribution in [1.82, 2.24) is 10.3 Å². The molecule has 1 aliphatic rings. The van der Waals surface area contributed by atoms with E-state index >= 15 is 0 Å². The third kappa shape index (κ3) is 2.47. The Labute approximate surface area is 102 Å². The van der Waals surface area contributed by atoms with Crippen LogP contribution in [0.4, 0.5) is 0 Å². The molecule has 2 aromatic rings. The average Bonchev–Trinajstić information content (AvgIpc) is 3.20. The number of aromatic nitrogens is 1. The van der Waals surface area contributed by atoms with Crippen molar-refractivity contribution >= 4 is 10.9 Å². The molecule has 1 heterocycles. The maximum Gasteiger partial charge on any atom is 0.0702 e. The number of rotatable bonds is 4. The van der Waals surface area contributed by atoms with Crippen LogP contribution in [0.2, 0.25) is 0 Å². The predicted octanol–water partition coefficient (Wildman–Crippen LogP) is 3.12. The molecule has 1 unspecified atom stereocenters. The van der Waals surface area contributed by atoms with Crippen molar-refractivity contribution in [3.63, 3.8) is 0 Å². The summed E-state index contributed by atoms with van der Waals surface area (Å²) < 4.78 is 0. The first kappa shape index (κ1) is 10.7. The SMILES string of the molecule is CC(NCc1ccc2ncccc2c1)C1CC1. The molecule has 0 radical (unpaired) electrons. The Morgan fingerprint density at radius 1 is 1.35 bits per heavy atom. The van der Waals surface area contributed by atoms with Gasteiger partial charge in [0.05, 0.1) is 5.52 Å². The van der Waals surface area contributed by atoms with Gasteiger partial charge in [0.15, 0.2) is 0 Å². The predicted molar refractivity (Wildman–Crippen MR) is 70.8 cm³/mol. The Balaban J connectivity index is 1.71. The van der Waals surface area contributed by atoms with E-state index in [1.807, 2.05) is 12.3 Å². The van der Waals surface area contributed by atoms with Crippen molar-refractivity contribution < 1.29 is 0 Å². The molecule has 1 fully saturated rings. The van der Waals surface area contributed by atoms with E-state index in [0.29, 0.717) is 6.04 Å². The van der Waals surface area contributed by atoms with Gasteiger partial charge in [0.25, 0.3) is 0 Å². The summed E-state index contributed by atoms with van der Waals surface area (Å²) in [5, 5.41) is 4.83. The molecule has 0 saturated heterocycles. The van der Waals surface area contributed by atoms with Gasteiger partial charge >= 0.3 is 0 Å². The smallest absolute Gasteiger partial charge is 0.0702 e. The van der Waals surface area contributed by atoms with Gasteiger partial charge in [-0.25, -0.2) is 0 Å². The number of hydrogen-bond acceptors (Lipinski definition) is 2. The van der Waals surface area contributed by atoms with Crippen molar-refractivity contribution in [2.24, 2.45) is 5.92 Å². The minimum Gasteiger partial charge on any atom is -0.310 e. The van der Waals surface area contributed by atoms with Crippen molar-refractivity contribution in [2.75, 3.05) is 0 Å². The Bertz CT molecular complexity index is 517. The molecule has 17 heavy (non-hydrogen) atoms. The lowest BCUT2D eigenvalue weighted by Gasteiger charge is -2.12. The highest BCUT2D eigenvalue weighted by Crippen LogP contribution is 2.32. The first-order chi connectivity index (χ1) is 8.33. The van der Waals surface area contributed by atoms with Crippen molar-refractivity contribution in [1.29, 1.82) is 0 Å². The molecule has 1 saturated carbocycles. The molecule has 88 valence electrons. The fourth-order valence-electron chi connectivity index (χ4n) is 2.28. The molecule has 0 aliphatic heterocycles. The number of fused-ring (bicyclic) bond motifs is 1. The maximum absolute atomic E-state index is 4.34. The van der Waals surface area contributed by atoms with Gasteiger partial charge in [-0.2, -0.15) is 0 Å². The Kier molecular flexibility index (Phi) is 2.81. The van der Waals surface area contributed by atoms with Crippen LogP contribution < -0.4 is 5.32 Å². The molecule has 1 aromatic carbocycles. The molecule has 0 bridgehead atoms. The molecular formula is C15H18N2. The summed E-state index contributed by atoms with van der Waals surface area (Å²) in [6.07, 6.45) is 4.64. The summed E-state index contributed by atoms with van der Waals surface area (Å²) in [5.74, 6) is 0.914. The second kappa shape index (κ2) is 4.46. The van der Waals surface area contributed by atoms with Gasteiger partial charge in [-0.1, -0.05) is 12.1 Å². The quantitative estimate of drug-likeness (QED) is 0.866. The lowest BCUT2D eigenvalue weighted by atomic mass is 10.1. The first-order valence-electron chi connectivity index (χ1n) is 6.40. The van der Waals surface area contributed by atoms with Crippen LogP contribution in [0.5, 0.6) is 0 Å². The summed E-state index contributed by atoms with van der Waals surface area (Å²) in [7, 11) is 0. The van der Waals surface area contributed by atoms with Crippen molar-refractivity contribution in [3.05, 3.63) is 42.1 Å². The summed E-state index contributed by atoms with van der Waals surface area (Å²) in [4.78, 5) is 4.34. The molecule has 1 aliphatic carbocycles. The Hall–Kier alpha value is -1.41. The van der Waals surface area contributed by atoms with E-state index in [2.05, 4.69) is 41.5 Å². The first-order valence-corrected chi connectivity index (χ1v) is 6.40. The van der Waals surface area contributed by atoms with Crippen molar-refractivity contribution in [2.45, 2.75) is 32.4 Å². The molecule has 1 atom stereocenters. The third-order valence-corrected chi connectivity index (χ3v) is 3.62. The normalized spacial score (nSPS) is 17.2. The molecule has 2 heteroatoms. The van der Waals surface area contributed by atoms with Gasteiger partial charge in [-0.15, -0.1) is 0 Å². The van der Waals surface area contributed by atoms with E-state index in [1.165, 1.54) is 23.8 Å². The van der Waals surface area contributed by atoms with Crippen LogP contribution in [0.1, 0.15) is 25.3 Å². The summed E-state index contributed by atoms with van der Waals surface area (Å²) in [5.41, 5.74) is 2.42. The van der Waals surface area contributed by atoms with Gasteiger partial charge in [-0.05, 0) is 49.4 Å². The standard InChI is InChI=1S/C15H18N2/c1-11(13-5-6-13)17-10-12-4-7-15-14(9-12)3-2-8-16-15/h2-4,7-9,11,13,17H,5-6,10H2,1H3. The highest BCUT2D eigenvalue weighted by molar-refractivity contribution is 5.78. The highest BCUT2D eigenvalue weighted by Gasteiger charge is 2.27. The van der Waals surface area contributed by atoms with Gasteiger partial charge in [0.2, 0.25) is 0 Å². The number of benzene rings is 1. The lowest BCUT2D eigenvalue weighted by Crippen LogP contribution is -2.27. The molecular weight excluding hydrogens is 208 g/mol. The number of nitrogens with zero attached hydrogens (tertiary/aromatic N) is 1.